The minimum Gasteiger partial charge on any atom is -0.508 e. The van der Waals surface area contributed by atoms with Gasteiger partial charge in [0, 0.05) is 63.2 Å². The van der Waals surface area contributed by atoms with Gasteiger partial charge in [0.05, 0.1) is 17.2 Å². The van der Waals surface area contributed by atoms with E-state index < -0.39 is 29.7 Å². The van der Waals surface area contributed by atoms with Gasteiger partial charge in [0.25, 0.3) is 11.8 Å². The molecule has 2 N–H and O–H groups in total. The van der Waals surface area contributed by atoms with Crippen molar-refractivity contribution in [2.75, 3.05) is 25.0 Å². The van der Waals surface area contributed by atoms with Crippen molar-refractivity contribution in [3.8, 4) is 5.75 Å². The molecule has 2 aliphatic carbocycles. The number of benzene rings is 4. The minimum absolute atomic E-state index is 0.0414. The van der Waals surface area contributed by atoms with Crippen molar-refractivity contribution in [3.05, 3.63) is 129 Å². The van der Waals surface area contributed by atoms with Gasteiger partial charge in [-0.3, -0.25) is 39.1 Å². The van der Waals surface area contributed by atoms with Gasteiger partial charge in [-0.15, -0.1) is 0 Å². The maximum Gasteiger partial charge on any atom is 0.262 e. The molecule has 302 valence electrons. The fourth-order valence-electron chi connectivity index (χ4n) is 10.9. The number of phenols is 1. The van der Waals surface area contributed by atoms with E-state index >= 15 is 0 Å². The number of likely N-dealkylation sites (N-methyl/N-ethyl adjacent to an activating group) is 1. The van der Waals surface area contributed by atoms with Crippen LogP contribution in [0, 0.1) is 5.92 Å². The predicted octanol–water partition coefficient (Wildman–Crippen LogP) is 5.88. The standard InChI is InChI=1S/C48H49N5O6/c1-50(34-12-7-29(8-13-34)44-38(28-5-3-2-4-6-28)17-11-31-21-37(54)16-18-39(31)44)36-26-51(27-36)35-14-9-30(10-15-35)46(57)52-24-32-22-40-41(23-33(32)25-52)48(59)53(47(40)58)42-19-20-43(55)49-45(42)56/h2-8,12-13,16,18,21-23,30,35-36,38,42,44,54H,9-11,14-15,17,19-20,24-27H2,1H3,(H,49,55,56)/t30?,35?,38-,42?,44+/m1/s1. The number of hydrogen-bond acceptors (Lipinski definition) is 8. The van der Waals surface area contributed by atoms with Crippen LogP contribution in [0.5, 0.6) is 5.75 Å². The summed E-state index contributed by atoms with van der Waals surface area (Å²) in [5.74, 6) is -1.06. The highest BCUT2D eigenvalue weighted by Gasteiger charge is 2.46. The Morgan fingerprint density at radius 3 is 2.07 bits per heavy atom. The molecule has 0 aromatic heterocycles. The SMILES string of the molecule is CN(c1ccc([C@@H]2c3ccc(O)cc3CC[C@@H]2c2ccccc2)cc1)C1CN(C2CCC(C(=O)N3Cc4cc5c(cc4C3)C(=O)N(C3CCC(=O)NC3=O)C5=O)CC2)C1. The highest BCUT2D eigenvalue weighted by Crippen LogP contribution is 2.47. The molecular formula is C48H49N5O6. The lowest BCUT2D eigenvalue weighted by Crippen LogP contribution is -2.62. The lowest BCUT2D eigenvalue weighted by molar-refractivity contribution is -0.138. The number of piperidine rings is 1. The first-order valence-corrected chi connectivity index (χ1v) is 21.2. The molecule has 4 aromatic rings. The van der Waals surface area contributed by atoms with E-state index in [4.69, 9.17) is 0 Å². The summed E-state index contributed by atoms with van der Waals surface area (Å²) in [6.45, 7) is 2.80. The Bertz CT molecular complexity index is 2320. The van der Waals surface area contributed by atoms with Crippen LogP contribution in [0.15, 0.2) is 84.9 Å². The molecule has 4 aromatic carbocycles. The second-order valence-corrected chi connectivity index (χ2v) is 17.5. The summed E-state index contributed by atoms with van der Waals surface area (Å²) >= 11 is 0. The monoisotopic (exact) mass is 791 g/mol. The lowest BCUT2D eigenvalue weighted by Gasteiger charge is -2.50. The summed E-state index contributed by atoms with van der Waals surface area (Å²) in [4.78, 5) is 72.4. The number of imide groups is 2. The number of nitrogens with zero attached hydrogens (tertiary/aromatic N) is 4. The smallest absolute Gasteiger partial charge is 0.262 e. The predicted molar refractivity (Wildman–Crippen MR) is 221 cm³/mol. The number of anilines is 1. The molecule has 6 aliphatic rings. The van der Waals surface area contributed by atoms with Gasteiger partial charge in [-0.1, -0.05) is 48.5 Å². The molecule has 11 nitrogen and oxygen atoms in total. The number of aryl methyl sites for hydroxylation is 1. The van der Waals surface area contributed by atoms with Crippen molar-refractivity contribution in [3.63, 3.8) is 0 Å². The van der Waals surface area contributed by atoms with Crippen molar-refractivity contribution < 1.29 is 29.1 Å². The maximum absolute atomic E-state index is 13.8. The number of carbonyl (C=O) groups excluding carboxylic acids is 5. The number of rotatable bonds is 7. The zero-order chi connectivity index (χ0) is 40.5. The Balaban J connectivity index is 0.728. The summed E-state index contributed by atoms with van der Waals surface area (Å²) in [6.07, 6.45) is 5.85. The number of nitrogens with one attached hydrogen (secondary N) is 1. The van der Waals surface area contributed by atoms with Crippen LogP contribution in [0.1, 0.15) is 111 Å². The molecule has 1 saturated carbocycles. The normalized spacial score (nSPS) is 25.6. The summed E-state index contributed by atoms with van der Waals surface area (Å²) in [7, 11) is 2.20. The van der Waals surface area contributed by atoms with E-state index in [1.165, 1.54) is 27.9 Å². The summed E-state index contributed by atoms with van der Waals surface area (Å²) in [6, 6.07) is 29.2. The van der Waals surface area contributed by atoms with Gasteiger partial charge >= 0.3 is 0 Å². The van der Waals surface area contributed by atoms with Crippen LogP contribution in [0.4, 0.5) is 5.69 Å². The average Bonchev–Trinajstić information content (AvgIpc) is 3.76. The first-order valence-electron chi connectivity index (χ1n) is 21.2. The number of likely N-dealkylation sites (tertiary alicyclic amines) is 1. The molecule has 59 heavy (non-hydrogen) atoms. The Hall–Kier alpha value is -5.81. The Morgan fingerprint density at radius 2 is 1.41 bits per heavy atom. The van der Waals surface area contributed by atoms with E-state index in [-0.39, 0.29) is 41.7 Å². The molecule has 11 heteroatoms. The zero-order valence-electron chi connectivity index (χ0n) is 33.3. The molecule has 3 fully saturated rings. The van der Waals surface area contributed by atoms with Gasteiger partial charge in [0.2, 0.25) is 17.7 Å². The van der Waals surface area contributed by atoms with Crippen molar-refractivity contribution in [2.24, 2.45) is 5.92 Å². The molecular weight excluding hydrogens is 743 g/mol. The van der Waals surface area contributed by atoms with E-state index in [9.17, 15) is 29.1 Å². The van der Waals surface area contributed by atoms with Crippen molar-refractivity contribution in [2.45, 2.75) is 94.4 Å². The molecule has 4 heterocycles. The first kappa shape index (κ1) is 37.5. The molecule has 1 unspecified atom stereocenters. The first-order chi connectivity index (χ1) is 28.6. The third kappa shape index (κ3) is 6.59. The fraction of sp³-hybridized carbons (Fsp3) is 0.396. The molecule has 2 saturated heterocycles. The number of phenolic OH excluding ortho intramolecular Hbond substituents is 1. The fourth-order valence-corrected chi connectivity index (χ4v) is 10.9. The highest BCUT2D eigenvalue weighted by molar-refractivity contribution is 6.23. The molecule has 4 aliphatic heterocycles. The van der Waals surface area contributed by atoms with Gasteiger partial charge in [0.1, 0.15) is 11.8 Å². The summed E-state index contributed by atoms with van der Waals surface area (Å²) in [5.41, 5.74) is 8.65. The molecule has 0 bridgehead atoms. The molecule has 3 atom stereocenters. The van der Waals surface area contributed by atoms with E-state index in [1.807, 2.05) is 17.0 Å². The zero-order valence-corrected chi connectivity index (χ0v) is 33.3. The second-order valence-electron chi connectivity index (χ2n) is 17.5. The van der Waals surface area contributed by atoms with Gasteiger partial charge in [-0.2, -0.15) is 0 Å². The Morgan fingerprint density at radius 1 is 0.729 bits per heavy atom. The summed E-state index contributed by atoms with van der Waals surface area (Å²) < 4.78 is 0. The number of aromatic hydroxyl groups is 1. The quantitative estimate of drug-likeness (QED) is 0.222. The van der Waals surface area contributed by atoms with E-state index in [0.29, 0.717) is 36.8 Å². The second kappa shape index (κ2) is 14.8. The molecule has 0 spiro atoms. The van der Waals surface area contributed by atoms with Crippen molar-refractivity contribution in [1.29, 1.82) is 0 Å². The van der Waals surface area contributed by atoms with Crippen molar-refractivity contribution in [1.82, 2.24) is 20.0 Å². The summed E-state index contributed by atoms with van der Waals surface area (Å²) in [5, 5.41) is 12.5. The average molecular weight is 792 g/mol. The third-order valence-corrected chi connectivity index (χ3v) is 14.3. The molecule has 0 radical (unpaired) electrons. The third-order valence-electron chi connectivity index (χ3n) is 14.3. The molecule has 5 amide bonds. The Labute approximate surface area is 344 Å². The largest absolute Gasteiger partial charge is 0.508 e. The van der Waals surface area contributed by atoms with Gasteiger partial charge in [-0.25, -0.2) is 0 Å². The lowest BCUT2D eigenvalue weighted by atomic mass is 9.69. The topological polar surface area (TPSA) is 131 Å². The van der Waals surface area contributed by atoms with E-state index in [2.05, 4.69) is 82.8 Å². The van der Waals surface area contributed by atoms with Crippen LogP contribution >= 0.6 is 0 Å². The number of carbonyl (C=O) groups is 5. The number of amides is 5. The Kier molecular flexibility index (Phi) is 9.38. The molecule has 10 rings (SSSR count). The van der Waals surface area contributed by atoms with Crippen LogP contribution in [-0.4, -0.2) is 87.6 Å². The minimum atomic E-state index is -0.998. The highest BCUT2D eigenvalue weighted by atomic mass is 16.3. The van der Waals surface area contributed by atoms with Crippen LogP contribution in [0.25, 0.3) is 0 Å². The van der Waals surface area contributed by atoms with E-state index in [1.54, 1.807) is 12.1 Å². The van der Waals surface area contributed by atoms with Crippen LogP contribution in [-0.2, 0) is 33.9 Å². The van der Waals surface area contributed by atoms with Crippen molar-refractivity contribution >= 4 is 35.2 Å². The van der Waals surface area contributed by atoms with Gasteiger partial charge in [-0.05, 0) is 121 Å². The van der Waals surface area contributed by atoms with Gasteiger partial charge in [0.15, 0.2) is 0 Å². The van der Waals surface area contributed by atoms with Gasteiger partial charge < -0.3 is 14.9 Å². The maximum atomic E-state index is 13.8. The number of hydrogen-bond donors (Lipinski definition) is 2. The van der Waals surface area contributed by atoms with E-state index in [0.717, 1.165) is 67.6 Å². The number of fused-ring (bicyclic) bond motifs is 3. The van der Waals surface area contributed by atoms with Crippen LogP contribution < -0.4 is 10.2 Å². The van der Waals surface area contributed by atoms with Crippen LogP contribution in [0.2, 0.25) is 0 Å². The van der Waals surface area contributed by atoms with Crippen LogP contribution in [0.3, 0.4) is 0 Å².